The Morgan fingerprint density at radius 1 is 1.61 bits per heavy atom. The molecule has 5 nitrogen and oxygen atoms in total. The van der Waals surface area contributed by atoms with Crippen LogP contribution >= 0.6 is 11.3 Å². The van der Waals surface area contributed by atoms with Crippen LogP contribution in [0.15, 0.2) is 6.20 Å². The van der Waals surface area contributed by atoms with Gasteiger partial charge in [-0.05, 0) is 25.8 Å². The Morgan fingerprint density at radius 3 is 3.06 bits per heavy atom. The number of aryl methyl sites for hydroxylation is 1. The van der Waals surface area contributed by atoms with Crippen molar-refractivity contribution < 1.29 is 8.42 Å². The van der Waals surface area contributed by atoms with E-state index in [0.717, 1.165) is 30.8 Å². The molecule has 0 aromatic carbocycles. The molecule has 7 heteroatoms. The Bertz CT molecular complexity index is 478. The van der Waals surface area contributed by atoms with Crippen molar-refractivity contribution >= 4 is 21.4 Å². The van der Waals surface area contributed by atoms with Gasteiger partial charge >= 0.3 is 0 Å². The Hall–Kier alpha value is -0.500. The maximum absolute atomic E-state index is 11.9. The molecule has 0 saturated carbocycles. The first-order valence-corrected chi connectivity index (χ1v) is 8.70. The summed E-state index contributed by atoms with van der Waals surface area (Å²) >= 11 is 1.56. The van der Waals surface area contributed by atoms with Crippen molar-refractivity contribution in [3.8, 4) is 0 Å². The van der Waals surface area contributed by atoms with E-state index in [9.17, 15) is 8.42 Å². The van der Waals surface area contributed by atoms with Crippen molar-refractivity contribution in [3.05, 3.63) is 16.1 Å². The largest absolute Gasteiger partial charge is 0.313 e. The molecule has 0 bridgehead atoms. The summed E-state index contributed by atoms with van der Waals surface area (Å²) in [6.45, 7) is 3.29. The van der Waals surface area contributed by atoms with Crippen molar-refractivity contribution in [2.24, 2.45) is 0 Å². The summed E-state index contributed by atoms with van der Waals surface area (Å²) < 4.78 is 26.3. The van der Waals surface area contributed by atoms with Gasteiger partial charge in [0.15, 0.2) is 0 Å². The van der Waals surface area contributed by atoms with Crippen LogP contribution in [0.5, 0.6) is 0 Å². The van der Waals surface area contributed by atoms with Crippen molar-refractivity contribution in [1.82, 2.24) is 15.0 Å². The van der Waals surface area contributed by atoms with Gasteiger partial charge in [-0.25, -0.2) is 18.1 Å². The summed E-state index contributed by atoms with van der Waals surface area (Å²) in [5.74, 6) is 0.166. The summed E-state index contributed by atoms with van der Waals surface area (Å²) in [6, 6.07) is 0.102. The molecule has 1 aliphatic rings. The van der Waals surface area contributed by atoms with Crippen LogP contribution in [0.4, 0.5) is 0 Å². The zero-order chi connectivity index (χ0) is 13.0. The summed E-state index contributed by atoms with van der Waals surface area (Å²) in [7, 11) is -3.21. The van der Waals surface area contributed by atoms with E-state index in [1.807, 2.05) is 6.20 Å². The quantitative estimate of drug-likeness (QED) is 0.815. The van der Waals surface area contributed by atoms with Gasteiger partial charge < -0.3 is 5.32 Å². The third-order valence-electron chi connectivity index (χ3n) is 2.98. The van der Waals surface area contributed by atoms with Gasteiger partial charge in [-0.2, -0.15) is 0 Å². The normalized spacial score (nSPS) is 20.4. The second-order valence-corrected chi connectivity index (χ2v) is 7.52. The molecule has 2 heterocycles. The molecule has 2 rings (SSSR count). The highest BCUT2D eigenvalue weighted by Crippen LogP contribution is 2.13. The minimum absolute atomic E-state index is 0.102. The highest BCUT2D eigenvalue weighted by molar-refractivity contribution is 7.89. The molecule has 1 aromatic rings. The summed E-state index contributed by atoms with van der Waals surface area (Å²) in [6.07, 6.45) is 4.76. The van der Waals surface area contributed by atoms with Crippen LogP contribution in [-0.2, 0) is 23.0 Å². The first-order chi connectivity index (χ1) is 8.59. The highest BCUT2D eigenvalue weighted by atomic mass is 32.2. The Kier molecular flexibility index (Phi) is 4.71. The van der Waals surface area contributed by atoms with Gasteiger partial charge in [0.1, 0.15) is 5.01 Å². The molecule has 1 aromatic heterocycles. The van der Waals surface area contributed by atoms with Gasteiger partial charge in [-0.3, -0.25) is 0 Å². The fourth-order valence-electron chi connectivity index (χ4n) is 1.99. The number of thiazole rings is 1. The van der Waals surface area contributed by atoms with Crippen LogP contribution in [0.3, 0.4) is 0 Å². The Balaban J connectivity index is 1.84. The van der Waals surface area contributed by atoms with Gasteiger partial charge in [0.2, 0.25) is 10.0 Å². The van der Waals surface area contributed by atoms with E-state index >= 15 is 0 Å². The van der Waals surface area contributed by atoms with E-state index in [1.54, 1.807) is 11.3 Å². The van der Waals surface area contributed by atoms with Crippen molar-refractivity contribution in [2.45, 2.75) is 38.8 Å². The molecule has 1 unspecified atom stereocenters. The van der Waals surface area contributed by atoms with E-state index in [4.69, 9.17) is 0 Å². The average Bonchev–Trinajstić information content (AvgIpc) is 2.96. The van der Waals surface area contributed by atoms with Gasteiger partial charge in [0.05, 0.1) is 12.3 Å². The standard InChI is InChI=1S/C11H19N3O2S2/c1-2-10-6-13-11(17-10)7-14-18(15,16)8-9-4-3-5-12-9/h6,9,12,14H,2-5,7-8H2,1H3. The molecule has 0 amide bonds. The fraction of sp³-hybridized carbons (Fsp3) is 0.727. The Morgan fingerprint density at radius 2 is 2.44 bits per heavy atom. The average molecular weight is 289 g/mol. The lowest BCUT2D eigenvalue weighted by Gasteiger charge is -2.10. The molecule has 2 N–H and O–H groups in total. The van der Waals surface area contributed by atoms with Crippen LogP contribution in [0.2, 0.25) is 0 Å². The first-order valence-electron chi connectivity index (χ1n) is 6.23. The smallest absolute Gasteiger partial charge is 0.213 e. The molecule has 102 valence electrons. The lowest BCUT2D eigenvalue weighted by Crippen LogP contribution is -2.36. The van der Waals surface area contributed by atoms with Crippen molar-refractivity contribution in [2.75, 3.05) is 12.3 Å². The van der Waals surface area contributed by atoms with Gasteiger partial charge in [0.25, 0.3) is 0 Å². The van der Waals surface area contributed by atoms with E-state index in [1.165, 1.54) is 4.88 Å². The van der Waals surface area contributed by atoms with Crippen LogP contribution in [0, 0.1) is 0 Å². The molecule has 1 fully saturated rings. The third kappa shape index (κ3) is 4.01. The van der Waals surface area contributed by atoms with Gasteiger partial charge in [-0.15, -0.1) is 11.3 Å². The zero-order valence-corrected chi connectivity index (χ0v) is 12.1. The van der Waals surface area contributed by atoms with E-state index in [-0.39, 0.29) is 11.8 Å². The van der Waals surface area contributed by atoms with Crippen molar-refractivity contribution in [1.29, 1.82) is 0 Å². The summed E-state index contributed by atoms with van der Waals surface area (Å²) in [5.41, 5.74) is 0. The molecule has 0 aliphatic carbocycles. The number of aromatic nitrogens is 1. The fourth-order valence-corrected chi connectivity index (χ4v) is 4.17. The van der Waals surface area contributed by atoms with Crippen LogP contribution in [0.25, 0.3) is 0 Å². The number of hydrogen-bond donors (Lipinski definition) is 2. The highest BCUT2D eigenvalue weighted by Gasteiger charge is 2.21. The zero-order valence-electron chi connectivity index (χ0n) is 10.5. The monoisotopic (exact) mass is 289 g/mol. The van der Waals surface area contributed by atoms with Crippen LogP contribution in [-0.4, -0.2) is 31.7 Å². The SMILES string of the molecule is CCc1cnc(CNS(=O)(=O)CC2CCCN2)s1. The molecule has 1 saturated heterocycles. The van der Waals surface area contributed by atoms with E-state index in [0.29, 0.717) is 6.54 Å². The topological polar surface area (TPSA) is 71.1 Å². The minimum Gasteiger partial charge on any atom is -0.313 e. The minimum atomic E-state index is -3.21. The predicted molar refractivity (Wildman–Crippen MR) is 73.1 cm³/mol. The molecule has 1 aliphatic heterocycles. The summed E-state index contributed by atoms with van der Waals surface area (Å²) in [5, 5.41) is 4.02. The number of rotatable bonds is 6. The number of nitrogens with zero attached hydrogens (tertiary/aromatic N) is 1. The summed E-state index contributed by atoms with van der Waals surface area (Å²) in [4.78, 5) is 5.38. The van der Waals surface area contributed by atoms with Gasteiger partial charge in [-0.1, -0.05) is 6.92 Å². The Labute approximate surface area is 112 Å². The molecular formula is C11H19N3O2S2. The number of hydrogen-bond acceptors (Lipinski definition) is 5. The number of sulfonamides is 1. The second kappa shape index (κ2) is 6.10. The van der Waals surface area contributed by atoms with E-state index < -0.39 is 10.0 Å². The maximum Gasteiger partial charge on any atom is 0.213 e. The molecule has 18 heavy (non-hydrogen) atoms. The van der Waals surface area contributed by atoms with Crippen LogP contribution < -0.4 is 10.0 Å². The number of nitrogens with one attached hydrogen (secondary N) is 2. The molecular weight excluding hydrogens is 270 g/mol. The predicted octanol–water partition coefficient (Wildman–Crippen LogP) is 0.877. The maximum atomic E-state index is 11.9. The van der Waals surface area contributed by atoms with Crippen molar-refractivity contribution in [3.63, 3.8) is 0 Å². The second-order valence-electron chi connectivity index (χ2n) is 4.47. The van der Waals surface area contributed by atoms with E-state index in [2.05, 4.69) is 21.9 Å². The third-order valence-corrected chi connectivity index (χ3v) is 5.54. The van der Waals surface area contributed by atoms with Gasteiger partial charge in [0, 0.05) is 17.1 Å². The lowest BCUT2D eigenvalue weighted by molar-refractivity contribution is 0.563. The molecule has 0 radical (unpaired) electrons. The lowest BCUT2D eigenvalue weighted by atomic mass is 10.3. The molecule has 0 spiro atoms. The first kappa shape index (κ1) is 13.9. The molecule has 1 atom stereocenters. The van der Waals surface area contributed by atoms with Crippen LogP contribution in [0.1, 0.15) is 29.7 Å².